The largest absolute Gasteiger partial charge is 0.229 e. The van der Waals surface area contributed by atoms with E-state index in [2.05, 4.69) is 24.3 Å². The Labute approximate surface area is 218 Å². The number of halogens is 2. The molecule has 0 amide bonds. The first-order valence-corrected chi connectivity index (χ1v) is 14.3. The van der Waals surface area contributed by atoms with Crippen molar-refractivity contribution in [2.75, 3.05) is 11.5 Å². The van der Waals surface area contributed by atoms with Gasteiger partial charge in [0.15, 0.2) is 0 Å². The molecule has 2 unspecified atom stereocenters. The second kappa shape index (κ2) is 11.9. The summed E-state index contributed by atoms with van der Waals surface area (Å²) in [5, 5.41) is 1.34. The van der Waals surface area contributed by atoms with Gasteiger partial charge in [-0.25, -0.2) is 8.42 Å². The SMILES string of the molecule is O=S(=O)(CCC(c1ccccc1)c1ccc(Cl)cc1)CCC(c1ccccc1)c1ccc(Cl)cc1. The lowest BCUT2D eigenvalue weighted by Crippen LogP contribution is -2.17. The van der Waals surface area contributed by atoms with Crippen LogP contribution >= 0.6 is 23.2 Å². The van der Waals surface area contributed by atoms with Crippen LogP contribution in [0.15, 0.2) is 109 Å². The molecule has 5 heteroatoms. The molecule has 4 aromatic rings. The summed E-state index contributed by atoms with van der Waals surface area (Å²) < 4.78 is 26.5. The highest BCUT2D eigenvalue weighted by molar-refractivity contribution is 7.91. The lowest BCUT2D eigenvalue weighted by atomic mass is 9.89. The summed E-state index contributed by atoms with van der Waals surface area (Å²) in [6.07, 6.45) is 1.04. The van der Waals surface area contributed by atoms with Gasteiger partial charge in [0.05, 0.1) is 11.5 Å². The van der Waals surface area contributed by atoms with E-state index >= 15 is 0 Å². The van der Waals surface area contributed by atoms with Gasteiger partial charge in [0, 0.05) is 21.9 Å². The topological polar surface area (TPSA) is 34.1 Å². The van der Waals surface area contributed by atoms with Crippen LogP contribution in [0.3, 0.4) is 0 Å². The first-order chi connectivity index (χ1) is 16.9. The van der Waals surface area contributed by atoms with Crippen LogP contribution in [0.1, 0.15) is 46.9 Å². The van der Waals surface area contributed by atoms with E-state index in [1.807, 2.05) is 84.9 Å². The molecule has 0 spiro atoms. The number of sulfone groups is 1. The quantitative estimate of drug-likeness (QED) is 0.210. The number of benzene rings is 4. The third kappa shape index (κ3) is 7.20. The van der Waals surface area contributed by atoms with Crippen LogP contribution in [0.2, 0.25) is 10.0 Å². The van der Waals surface area contributed by atoms with Crippen LogP contribution in [0.4, 0.5) is 0 Å². The molecule has 2 nitrogen and oxygen atoms in total. The highest BCUT2D eigenvalue weighted by Crippen LogP contribution is 2.32. The summed E-state index contributed by atoms with van der Waals surface area (Å²) in [5.74, 6) is 0.225. The second-order valence-corrected chi connectivity index (χ2v) is 11.9. The second-order valence-electron chi connectivity index (χ2n) is 8.76. The molecule has 0 heterocycles. The monoisotopic (exact) mass is 522 g/mol. The molecule has 0 saturated carbocycles. The first kappa shape index (κ1) is 25.5. The van der Waals surface area contributed by atoms with E-state index in [4.69, 9.17) is 23.2 Å². The van der Waals surface area contributed by atoms with Gasteiger partial charge >= 0.3 is 0 Å². The molecule has 0 aliphatic heterocycles. The van der Waals surface area contributed by atoms with Gasteiger partial charge in [0.1, 0.15) is 9.84 Å². The molecule has 0 aliphatic carbocycles. The Balaban J connectivity index is 1.50. The molecule has 0 bridgehead atoms. The lowest BCUT2D eigenvalue weighted by molar-refractivity contribution is 0.585. The summed E-state index contributed by atoms with van der Waals surface area (Å²) in [7, 11) is -3.27. The van der Waals surface area contributed by atoms with E-state index in [-0.39, 0.29) is 23.3 Å². The Hall–Kier alpha value is -2.59. The lowest BCUT2D eigenvalue weighted by Gasteiger charge is -2.20. The van der Waals surface area contributed by atoms with E-state index in [1.165, 1.54) is 0 Å². The Morgan fingerprint density at radius 2 is 0.800 bits per heavy atom. The molecule has 0 N–H and O–H groups in total. The van der Waals surface area contributed by atoms with Crippen molar-refractivity contribution in [1.82, 2.24) is 0 Å². The van der Waals surface area contributed by atoms with Gasteiger partial charge in [-0.15, -0.1) is 0 Å². The number of hydrogen-bond acceptors (Lipinski definition) is 2. The molecule has 4 rings (SSSR count). The predicted octanol–water partition coefficient (Wildman–Crippen LogP) is 8.15. The van der Waals surface area contributed by atoms with Crippen LogP contribution in [0.5, 0.6) is 0 Å². The third-order valence-corrected chi connectivity index (χ3v) is 8.60. The average Bonchev–Trinajstić information content (AvgIpc) is 2.87. The van der Waals surface area contributed by atoms with Gasteiger partial charge < -0.3 is 0 Å². The van der Waals surface area contributed by atoms with Crippen molar-refractivity contribution in [3.8, 4) is 0 Å². The maximum Gasteiger partial charge on any atom is 0.150 e. The molecule has 0 radical (unpaired) electrons. The smallest absolute Gasteiger partial charge is 0.150 e. The Kier molecular flexibility index (Phi) is 8.67. The maximum absolute atomic E-state index is 13.2. The zero-order valence-electron chi connectivity index (χ0n) is 19.4. The maximum atomic E-state index is 13.2. The van der Waals surface area contributed by atoms with Crippen LogP contribution < -0.4 is 0 Å². The van der Waals surface area contributed by atoms with Gasteiger partial charge in [-0.1, -0.05) is 108 Å². The molecule has 0 saturated heterocycles. The third-order valence-electron chi connectivity index (χ3n) is 6.38. The van der Waals surface area contributed by atoms with E-state index in [9.17, 15) is 8.42 Å². The fourth-order valence-electron chi connectivity index (χ4n) is 4.51. The zero-order chi connectivity index (χ0) is 24.7. The average molecular weight is 524 g/mol. The minimum Gasteiger partial charge on any atom is -0.229 e. The highest BCUT2D eigenvalue weighted by atomic mass is 35.5. The van der Waals surface area contributed by atoms with Crippen LogP contribution in [0.25, 0.3) is 0 Å². The minimum atomic E-state index is -3.27. The van der Waals surface area contributed by atoms with Crippen molar-refractivity contribution in [3.05, 3.63) is 141 Å². The van der Waals surface area contributed by atoms with E-state index in [0.717, 1.165) is 22.3 Å². The summed E-state index contributed by atoms with van der Waals surface area (Å²) in [4.78, 5) is 0. The Bertz CT molecular complexity index is 1210. The fourth-order valence-corrected chi connectivity index (χ4v) is 6.16. The van der Waals surface area contributed by atoms with Gasteiger partial charge in [-0.3, -0.25) is 0 Å². The summed E-state index contributed by atoms with van der Waals surface area (Å²) in [5.41, 5.74) is 4.35. The number of rotatable bonds is 10. The van der Waals surface area contributed by atoms with E-state index in [0.29, 0.717) is 22.9 Å². The van der Waals surface area contributed by atoms with Crippen LogP contribution in [-0.2, 0) is 9.84 Å². The molecule has 4 aromatic carbocycles. The van der Waals surface area contributed by atoms with Crippen molar-refractivity contribution < 1.29 is 8.42 Å². The van der Waals surface area contributed by atoms with Crippen LogP contribution in [0, 0.1) is 0 Å². The summed E-state index contributed by atoms with van der Waals surface area (Å²) in [6.45, 7) is 0. The van der Waals surface area contributed by atoms with Crippen molar-refractivity contribution in [3.63, 3.8) is 0 Å². The molecule has 2 atom stereocenters. The molecule has 0 fully saturated rings. The van der Waals surface area contributed by atoms with Gasteiger partial charge in [-0.2, -0.15) is 0 Å². The molecule has 180 valence electrons. The molecular formula is C30H28Cl2O2S. The highest BCUT2D eigenvalue weighted by Gasteiger charge is 2.22. The van der Waals surface area contributed by atoms with Crippen molar-refractivity contribution in [2.45, 2.75) is 24.7 Å². The first-order valence-electron chi connectivity index (χ1n) is 11.7. The Morgan fingerprint density at radius 1 is 0.486 bits per heavy atom. The van der Waals surface area contributed by atoms with Gasteiger partial charge in [-0.05, 0) is 59.4 Å². The summed E-state index contributed by atoms with van der Waals surface area (Å²) in [6, 6.07) is 35.5. The van der Waals surface area contributed by atoms with Crippen LogP contribution in [-0.4, -0.2) is 19.9 Å². The Morgan fingerprint density at radius 3 is 1.14 bits per heavy atom. The summed E-state index contributed by atoms with van der Waals surface area (Å²) >= 11 is 12.2. The van der Waals surface area contributed by atoms with Crippen molar-refractivity contribution in [2.24, 2.45) is 0 Å². The van der Waals surface area contributed by atoms with Crippen molar-refractivity contribution >= 4 is 33.0 Å². The predicted molar refractivity (Wildman–Crippen MR) is 147 cm³/mol. The van der Waals surface area contributed by atoms with Gasteiger partial charge in [0.2, 0.25) is 0 Å². The van der Waals surface area contributed by atoms with Gasteiger partial charge in [0.25, 0.3) is 0 Å². The normalized spacial score (nSPS) is 13.3. The minimum absolute atomic E-state index is 0.00979. The van der Waals surface area contributed by atoms with E-state index < -0.39 is 9.84 Å². The molecule has 35 heavy (non-hydrogen) atoms. The standard InChI is InChI=1S/C30H28Cl2O2S/c31-27-15-11-25(12-16-27)29(23-7-3-1-4-8-23)19-21-35(33,34)22-20-30(24-9-5-2-6-10-24)26-13-17-28(32)18-14-26/h1-18,29-30H,19-22H2. The molecule has 0 aliphatic rings. The van der Waals surface area contributed by atoms with Crippen molar-refractivity contribution in [1.29, 1.82) is 0 Å². The fraction of sp³-hybridized carbons (Fsp3) is 0.200. The molecule has 0 aromatic heterocycles. The zero-order valence-corrected chi connectivity index (χ0v) is 21.7. The van der Waals surface area contributed by atoms with E-state index in [1.54, 1.807) is 0 Å². The molecular weight excluding hydrogens is 495 g/mol. The number of hydrogen-bond donors (Lipinski definition) is 0.